The highest BCUT2D eigenvalue weighted by molar-refractivity contribution is 5.81. The molecule has 1 aromatic heterocycles. The zero-order chi connectivity index (χ0) is 12.5. The fourth-order valence-corrected chi connectivity index (χ4v) is 3.07. The van der Waals surface area contributed by atoms with Crippen molar-refractivity contribution in [3.63, 3.8) is 0 Å². The van der Waals surface area contributed by atoms with Gasteiger partial charge in [-0.25, -0.2) is 0 Å². The highest BCUT2D eigenvalue weighted by Crippen LogP contribution is 2.21. The second-order valence-corrected chi connectivity index (χ2v) is 5.49. The summed E-state index contributed by atoms with van der Waals surface area (Å²) in [7, 11) is 2.03. The van der Waals surface area contributed by atoms with Gasteiger partial charge >= 0.3 is 0 Å². The Morgan fingerprint density at radius 1 is 1.33 bits per heavy atom. The Morgan fingerprint density at radius 3 is 3.00 bits per heavy atom. The minimum Gasteiger partial charge on any atom is -0.311 e. The van der Waals surface area contributed by atoms with Crippen molar-refractivity contribution in [1.29, 1.82) is 0 Å². The lowest BCUT2D eigenvalue weighted by Crippen LogP contribution is -2.41. The molecule has 3 heteroatoms. The molecule has 3 rings (SSSR count). The van der Waals surface area contributed by atoms with Crippen LogP contribution >= 0.6 is 0 Å². The maximum atomic E-state index is 4.69. The third kappa shape index (κ3) is 2.15. The van der Waals surface area contributed by atoms with Crippen LogP contribution in [0.15, 0.2) is 24.3 Å². The van der Waals surface area contributed by atoms with Crippen LogP contribution in [0.1, 0.15) is 31.9 Å². The predicted molar refractivity (Wildman–Crippen MR) is 74.7 cm³/mol. The zero-order valence-corrected chi connectivity index (χ0v) is 11.2. The predicted octanol–water partition coefficient (Wildman–Crippen LogP) is 2.65. The fourth-order valence-electron chi connectivity index (χ4n) is 3.07. The molecule has 1 N–H and O–H groups in total. The molecule has 1 aliphatic heterocycles. The van der Waals surface area contributed by atoms with E-state index in [0.717, 1.165) is 6.42 Å². The van der Waals surface area contributed by atoms with Gasteiger partial charge in [0.05, 0.1) is 11.2 Å². The summed E-state index contributed by atoms with van der Waals surface area (Å²) < 4.78 is 2.00. The van der Waals surface area contributed by atoms with E-state index in [1.807, 2.05) is 11.7 Å². The van der Waals surface area contributed by atoms with Crippen LogP contribution in [0, 0.1) is 0 Å². The molecule has 1 aromatic carbocycles. The second kappa shape index (κ2) is 4.73. The summed E-state index contributed by atoms with van der Waals surface area (Å²) in [5.41, 5.74) is 2.47. The fraction of sp³-hybridized carbons (Fsp3) is 0.533. The molecule has 0 saturated carbocycles. The van der Waals surface area contributed by atoms with Crippen LogP contribution in [0.3, 0.4) is 0 Å². The largest absolute Gasteiger partial charge is 0.311 e. The van der Waals surface area contributed by atoms with E-state index in [2.05, 4.69) is 41.6 Å². The summed E-state index contributed by atoms with van der Waals surface area (Å²) in [6.07, 6.45) is 4.96. The summed E-state index contributed by atoms with van der Waals surface area (Å²) >= 11 is 0. The molecular formula is C15H21N3. The topological polar surface area (TPSA) is 29.9 Å². The Bertz CT molecular complexity index is 544. The third-order valence-corrected chi connectivity index (χ3v) is 3.98. The van der Waals surface area contributed by atoms with Crippen LogP contribution in [0.2, 0.25) is 0 Å². The molecule has 0 radical (unpaired) electrons. The van der Waals surface area contributed by atoms with Crippen LogP contribution in [0.25, 0.3) is 10.9 Å². The lowest BCUT2D eigenvalue weighted by atomic mass is 9.95. The average molecular weight is 243 g/mol. The second-order valence-electron chi connectivity index (χ2n) is 5.49. The first-order valence-electron chi connectivity index (χ1n) is 6.90. The molecule has 0 amide bonds. The number of hydrogen-bond donors (Lipinski definition) is 1. The van der Waals surface area contributed by atoms with Gasteiger partial charge in [0.15, 0.2) is 0 Å². The number of rotatable bonds is 2. The number of aromatic nitrogens is 2. The number of hydrogen-bond acceptors (Lipinski definition) is 2. The number of piperidine rings is 1. The SMILES string of the molecule is CC1CCCC(Cc2nn(C)c3ccccc23)N1. The first kappa shape index (κ1) is 11.7. The normalized spacial score (nSPS) is 24.6. The number of para-hydroxylation sites is 1. The van der Waals surface area contributed by atoms with Crippen molar-refractivity contribution in [2.24, 2.45) is 7.05 Å². The van der Waals surface area contributed by atoms with Gasteiger partial charge in [-0.1, -0.05) is 24.6 Å². The molecule has 0 spiro atoms. The van der Waals surface area contributed by atoms with E-state index in [-0.39, 0.29) is 0 Å². The zero-order valence-electron chi connectivity index (χ0n) is 11.2. The third-order valence-electron chi connectivity index (χ3n) is 3.98. The molecule has 96 valence electrons. The summed E-state index contributed by atoms with van der Waals surface area (Å²) in [4.78, 5) is 0. The molecule has 2 aromatic rings. The Morgan fingerprint density at radius 2 is 2.17 bits per heavy atom. The van der Waals surface area contributed by atoms with Crippen molar-refractivity contribution in [2.45, 2.75) is 44.7 Å². The van der Waals surface area contributed by atoms with Crippen molar-refractivity contribution < 1.29 is 0 Å². The standard InChI is InChI=1S/C15H21N3/c1-11-6-5-7-12(16-11)10-14-13-8-3-4-9-15(13)18(2)17-14/h3-4,8-9,11-12,16H,5-7,10H2,1-2H3. The molecule has 1 aliphatic rings. The molecule has 2 heterocycles. The Hall–Kier alpha value is -1.35. The van der Waals surface area contributed by atoms with Gasteiger partial charge in [0.25, 0.3) is 0 Å². The molecular weight excluding hydrogens is 222 g/mol. The van der Waals surface area contributed by atoms with Gasteiger partial charge in [-0.05, 0) is 25.8 Å². The highest BCUT2D eigenvalue weighted by atomic mass is 15.3. The van der Waals surface area contributed by atoms with Crippen molar-refractivity contribution in [1.82, 2.24) is 15.1 Å². The summed E-state index contributed by atoms with van der Waals surface area (Å²) in [5.74, 6) is 0. The van der Waals surface area contributed by atoms with Crippen LogP contribution in [0.5, 0.6) is 0 Å². The van der Waals surface area contributed by atoms with Crippen LogP contribution < -0.4 is 5.32 Å². The monoisotopic (exact) mass is 243 g/mol. The molecule has 0 aliphatic carbocycles. The lowest BCUT2D eigenvalue weighted by molar-refractivity contribution is 0.332. The van der Waals surface area contributed by atoms with E-state index in [9.17, 15) is 0 Å². The van der Waals surface area contributed by atoms with Crippen LogP contribution in [-0.4, -0.2) is 21.9 Å². The molecule has 2 atom stereocenters. The molecule has 1 fully saturated rings. The van der Waals surface area contributed by atoms with E-state index in [1.165, 1.54) is 35.9 Å². The summed E-state index contributed by atoms with van der Waals surface area (Å²) in [6.45, 7) is 2.28. The summed E-state index contributed by atoms with van der Waals surface area (Å²) in [5, 5.41) is 9.68. The van der Waals surface area contributed by atoms with E-state index in [4.69, 9.17) is 0 Å². The smallest absolute Gasteiger partial charge is 0.0718 e. The molecule has 0 bridgehead atoms. The van der Waals surface area contributed by atoms with Gasteiger partial charge in [-0.15, -0.1) is 0 Å². The first-order valence-corrected chi connectivity index (χ1v) is 6.90. The lowest BCUT2D eigenvalue weighted by Gasteiger charge is -2.28. The van der Waals surface area contributed by atoms with E-state index in [0.29, 0.717) is 12.1 Å². The number of benzene rings is 1. The van der Waals surface area contributed by atoms with Crippen LogP contribution in [0.4, 0.5) is 0 Å². The van der Waals surface area contributed by atoms with E-state index < -0.39 is 0 Å². The van der Waals surface area contributed by atoms with Gasteiger partial charge in [-0.2, -0.15) is 5.10 Å². The number of fused-ring (bicyclic) bond motifs is 1. The minimum absolute atomic E-state index is 0.590. The van der Waals surface area contributed by atoms with Gasteiger partial charge in [0.2, 0.25) is 0 Å². The van der Waals surface area contributed by atoms with Gasteiger partial charge in [0, 0.05) is 30.9 Å². The maximum absolute atomic E-state index is 4.69. The van der Waals surface area contributed by atoms with Gasteiger partial charge in [0.1, 0.15) is 0 Å². The Balaban J connectivity index is 1.86. The minimum atomic E-state index is 0.590. The van der Waals surface area contributed by atoms with Crippen molar-refractivity contribution in [2.75, 3.05) is 0 Å². The average Bonchev–Trinajstić information content (AvgIpc) is 2.67. The van der Waals surface area contributed by atoms with Gasteiger partial charge < -0.3 is 5.32 Å². The Labute approximate surface area is 108 Å². The van der Waals surface area contributed by atoms with Crippen molar-refractivity contribution >= 4 is 10.9 Å². The first-order chi connectivity index (χ1) is 8.74. The molecule has 3 nitrogen and oxygen atoms in total. The van der Waals surface area contributed by atoms with Gasteiger partial charge in [-0.3, -0.25) is 4.68 Å². The number of aryl methyl sites for hydroxylation is 1. The molecule has 1 saturated heterocycles. The van der Waals surface area contributed by atoms with Crippen molar-refractivity contribution in [3.8, 4) is 0 Å². The highest BCUT2D eigenvalue weighted by Gasteiger charge is 2.20. The number of nitrogens with one attached hydrogen (secondary N) is 1. The molecule has 2 unspecified atom stereocenters. The Kier molecular flexibility index (Phi) is 3.08. The maximum Gasteiger partial charge on any atom is 0.0718 e. The quantitative estimate of drug-likeness (QED) is 0.878. The van der Waals surface area contributed by atoms with Crippen LogP contribution in [-0.2, 0) is 13.5 Å². The van der Waals surface area contributed by atoms with E-state index in [1.54, 1.807) is 0 Å². The molecule has 18 heavy (non-hydrogen) atoms. The number of nitrogens with zero attached hydrogens (tertiary/aromatic N) is 2. The van der Waals surface area contributed by atoms with E-state index >= 15 is 0 Å². The van der Waals surface area contributed by atoms with Crippen molar-refractivity contribution in [3.05, 3.63) is 30.0 Å². The summed E-state index contributed by atoms with van der Waals surface area (Å²) in [6, 6.07) is 9.75.